The fourth-order valence-corrected chi connectivity index (χ4v) is 2.02. The topological polar surface area (TPSA) is 57.4 Å². The maximum Gasteiger partial charge on any atom is 0.167 e. The molecular formula is C16H20N2O2. The van der Waals surface area contributed by atoms with E-state index >= 15 is 0 Å². The summed E-state index contributed by atoms with van der Waals surface area (Å²) in [5.74, 6) is 1.35. The van der Waals surface area contributed by atoms with Gasteiger partial charge < -0.3 is 15.2 Å². The quantitative estimate of drug-likeness (QED) is 0.909. The van der Waals surface area contributed by atoms with E-state index in [1.165, 1.54) is 0 Å². The molecule has 20 heavy (non-hydrogen) atoms. The first-order chi connectivity index (χ1) is 9.58. The smallest absolute Gasteiger partial charge is 0.167 e. The second kappa shape index (κ2) is 5.92. The Morgan fingerprint density at radius 1 is 1.15 bits per heavy atom. The molecule has 2 N–H and O–H groups in total. The molecule has 0 fully saturated rings. The minimum absolute atomic E-state index is 0.394. The van der Waals surface area contributed by atoms with Crippen LogP contribution in [0.25, 0.3) is 0 Å². The molecule has 0 unspecified atom stereocenters. The van der Waals surface area contributed by atoms with Crippen LogP contribution in [0, 0.1) is 0 Å². The number of pyridine rings is 1. The first kappa shape index (κ1) is 14.3. The maximum absolute atomic E-state index is 6.16. The van der Waals surface area contributed by atoms with Crippen LogP contribution < -0.4 is 15.2 Å². The van der Waals surface area contributed by atoms with Gasteiger partial charge in [0, 0.05) is 18.3 Å². The molecule has 1 aromatic heterocycles. The van der Waals surface area contributed by atoms with Crippen LogP contribution in [-0.2, 0) is 12.1 Å². The number of ether oxygens (including phenoxy) is 2. The Labute approximate surface area is 119 Å². The van der Waals surface area contributed by atoms with Gasteiger partial charge in [0.2, 0.25) is 0 Å². The molecule has 1 heterocycles. The molecular weight excluding hydrogens is 252 g/mol. The van der Waals surface area contributed by atoms with Crippen molar-refractivity contribution in [3.05, 3.63) is 53.9 Å². The van der Waals surface area contributed by atoms with Gasteiger partial charge in [0.15, 0.2) is 11.5 Å². The van der Waals surface area contributed by atoms with Gasteiger partial charge in [-0.05, 0) is 32.0 Å². The summed E-state index contributed by atoms with van der Waals surface area (Å²) in [4.78, 5) is 4.36. The third kappa shape index (κ3) is 2.91. The molecule has 0 radical (unpaired) electrons. The van der Waals surface area contributed by atoms with Crippen molar-refractivity contribution in [1.29, 1.82) is 0 Å². The van der Waals surface area contributed by atoms with Crippen molar-refractivity contribution in [1.82, 2.24) is 4.98 Å². The third-order valence-corrected chi connectivity index (χ3v) is 3.14. The Morgan fingerprint density at radius 2 is 1.95 bits per heavy atom. The largest absolute Gasteiger partial charge is 0.493 e. The Bertz CT molecular complexity index is 546. The molecule has 2 rings (SSSR count). The third-order valence-electron chi connectivity index (χ3n) is 3.14. The lowest BCUT2D eigenvalue weighted by Gasteiger charge is -2.28. The summed E-state index contributed by atoms with van der Waals surface area (Å²) in [6.07, 6.45) is 1.76. The Balaban J connectivity index is 2.38. The van der Waals surface area contributed by atoms with Crippen LogP contribution in [0.15, 0.2) is 42.6 Å². The number of nitrogens with two attached hydrogens (primary N) is 1. The average Bonchev–Trinajstić information content (AvgIpc) is 2.48. The van der Waals surface area contributed by atoms with E-state index in [-0.39, 0.29) is 0 Å². The van der Waals surface area contributed by atoms with E-state index in [1.807, 2.05) is 50.2 Å². The zero-order valence-electron chi connectivity index (χ0n) is 12.1. The van der Waals surface area contributed by atoms with Crippen molar-refractivity contribution in [3.8, 4) is 11.5 Å². The van der Waals surface area contributed by atoms with Gasteiger partial charge in [-0.15, -0.1) is 0 Å². The summed E-state index contributed by atoms with van der Waals surface area (Å²) in [5.41, 5.74) is 6.98. The highest BCUT2D eigenvalue weighted by molar-refractivity contribution is 5.47. The molecule has 0 amide bonds. The predicted octanol–water partition coefficient (Wildman–Crippen LogP) is 2.86. The number of hydrogen-bond donors (Lipinski definition) is 1. The fourth-order valence-electron chi connectivity index (χ4n) is 2.02. The molecule has 0 bridgehead atoms. The van der Waals surface area contributed by atoms with Gasteiger partial charge in [0.1, 0.15) is 5.60 Å². The summed E-state index contributed by atoms with van der Waals surface area (Å²) >= 11 is 0. The number of rotatable bonds is 5. The maximum atomic E-state index is 6.16. The van der Waals surface area contributed by atoms with Gasteiger partial charge >= 0.3 is 0 Å². The molecule has 0 aliphatic heterocycles. The minimum atomic E-state index is -0.570. The summed E-state index contributed by atoms with van der Waals surface area (Å²) in [5, 5.41) is 0. The summed E-state index contributed by atoms with van der Waals surface area (Å²) in [6, 6.07) is 11.5. The van der Waals surface area contributed by atoms with Crippen molar-refractivity contribution in [2.75, 3.05) is 7.11 Å². The Morgan fingerprint density at radius 3 is 2.55 bits per heavy atom. The van der Waals surface area contributed by atoms with Crippen LogP contribution >= 0.6 is 0 Å². The van der Waals surface area contributed by atoms with Crippen LogP contribution in [0.2, 0.25) is 0 Å². The average molecular weight is 272 g/mol. The van der Waals surface area contributed by atoms with E-state index in [0.29, 0.717) is 18.0 Å². The lowest BCUT2D eigenvalue weighted by Crippen LogP contribution is -2.27. The van der Waals surface area contributed by atoms with Crippen molar-refractivity contribution < 1.29 is 9.47 Å². The highest BCUT2D eigenvalue weighted by Gasteiger charge is 2.26. The molecule has 4 nitrogen and oxygen atoms in total. The van der Waals surface area contributed by atoms with Crippen molar-refractivity contribution in [2.45, 2.75) is 26.0 Å². The monoisotopic (exact) mass is 272 g/mol. The van der Waals surface area contributed by atoms with Gasteiger partial charge in [-0.2, -0.15) is 0 Å². The number of benzene rings is 1. The van der Waals surface area contributed by atoms with Crippen LogP contribution in [0.3, 0.4) is 0 Å². The lowest BCUT2D eigenvalue weighted by molar-refractivity contribution is 0.0978. The SMILES string of the molecule is COc1cccc(CN)c1OC(C)(C)c1ccccn1. The molecule has 0 spiro atoms. The molecule has 0 atom stereocenters. The van der Waals surface area contributed by atoms with E-state index in [0.717, 1.165) is 11.3 Å². The fraction of sp³-hybridized carbons (Fsp3) is 0.312. The summed E-state index contributed by atoms with van der Waals surface area (Å²) in [7, 11) is 1.62. The second-order valence-electron chi connectivity index (χ2n) is 4.98. The van der Waals surface area contributed by atoms with Crippen molar-refractivity contribution >= 4 is 0 Å². The van der Waals surface area contributed by atoms with Crippen LogP contribution in [0.4, 0.5) is 0 Å². The normalized spacial score (nSPS) is 11.2. The number of nitrogens with zero attached hydrogens (tertiary/aromatic N) is 1. The minimum Gasteiger partial charge on any atom is -0.493 e. The van der Waals surface area contributed by atoms with E-state index in [1.54, 1.807) is 13.3 Å². The van der Waals surface area contributed by atoms with Gasteiger partial charge in [-0.1, -0.05) is 18.2 Å². The van der Waals surface area contributed by atoms with Crippen LogP contribution in [0.5, 0.6) is 11.5 Å². The van der Waals surface area contributed by atoms with E-state index < -0.39 is 5.60 Å². The molecule has 2 aromatic rings. The molecule has 0 aliphatic rings. The van der Waals surface area contributed by atoms with Gasteiger partial charge in [-0.25, -0.2) is 0 Å². The first-order valence-corrected chi connectivity index (χ1v) is 6.55. The molecule has 0 saturated carbocycles. The molecule has 106 valence electrons. The molecule has 0 aliphatic carbocycles. The molecule has 4 heteroatoms. The summed E-state index contributed by atoms with van der Waals surface area (Å²) in [6.45, 7) is 4.34. The standard InChI is InChI=1S/C16H20N2O2/c1-16(2,14-9-4-5-10-18-14)20-15-12(11-17)7-6-8-13(15)19-3/h4-10H,11,17H2,1-3H3. The second-order valence-corrected chi connectivity index (χ2v) is 4.98. The zero-order chi connectivity index (χ0) is 14.6. The van der Waals surface area contributed by atoms with Gasteiger partial charge in [-0.3, -0.25) is 4.98 Å². The van der Waals surface area contributed by atoms with E-state index in [2.05, 4.69) is 4.98 Å². The van der Waals surface area contributed by atoms with Crippen LogP contribution in [0.1, 0.15) is 25.1 Å². The highest BCUT2D eigenvalue weighted by Crippen LogP contribution is 2.36. The Kier molecular flexibility index (Phi) is 4.25. The van der Waals surface area contributed by atoms with Crippen LogP contribution in [-0.4, -0.2) is 12.1 Å². The summed E-state index contributed by atoms with van der Waals surface area (Å²) < 4.78 is 11.5. The Hall–Kier alpha value is -2.07. The lowest BCUT2D eigenvalue weighted by atomic mass is 10.0. The number of hydrogen-bond acceptors (Lipinski definition) is 4. The number of methoxy groups -OCH3 is 1. The first-order valence-electron chi connectivity index (χ1n) is 6.55. The van der Waals surface area contributed by atoms with E-state index in [4.69, 9.17) is 15.2 Å². The number of aromatic nitrogens is 1. The van der Waals surface area contributed by atoms with E-state index in [9.17, 15) is 0 Å². The van der Waals surface area contributed by atoms with Gasteiger partial charge in [0.25, 0.3) is 0 Å². The van der Waals surface area contributed by atoms with Crippen molar-refractivity contribution in [3.63, 3.8) is 0 Å². The molecule has 0 saturated heterocycles. The van der Waals surface area contributed by atoms with Gasteiger partial charge in [0.05, 0.1) is 12.8 Å². The predicted molar refractivity (Wildman–Crippen MR) is 78.8 cm³/mol. The van der Waals surface area contributed by atoms with Crippen molar-refractivity contribution in [2.24, 2.45) is 5.73 Å². The zero-order valence-corrected chi connectivity index (χ0v) is 12.1. The molecule has 1 aromatic carbocycles. The highest BCUT2D eigenvalue weighted by atomic mass is 16.5. The number of para-hydroxylation sites is 1.